The van der Waals surface area contributed by atoms with E-state index >= 15 is 0 Å². The zero-order chi connectivity index (χ0) is 9.14. The molecule has 1 atom stereocenters. The first-order valence-corrected chi connectivity index (χ1v) is 3.94. The summed E-state index contributed by atoms with van der Waals surface area (Å²) < 4.78 is 0. The van der Waals surface area contributed by atoms with Gasteiger partial charge in [-0.3, -0.25) is 4.79 Å². The fourth-order valence-corrected chi connectivity index (χ4v) is 1.22. The molecule has 1 amide bonds. The molecule has 1 heterocycles. The number of hydrogen-bond donors (Lipinski definition) is 1. The van der Waals surface area contributed by atoms with Crippen molar-refractivity contribution < 1.29 is 9.90 Å². The molecule has 3 nitrogen and oxygen atoms in total. The van der Waals surface area contributed by atoms with Gasteiger partial charge >= 0.3 is 0 Å². The minimum Gasteiger partial charge on any atom is -0.391 e. The van der Waals surface area contributed by atoms with Gasteiger partial charge in [-0.05, 0) is 6.42 Å². The molecule has 0 aromatic carbocycles. The lowest BCUT2D eigenvalue weighted by Gasteiger charge is -2.14. The molecule has 1 rings (SSSR count). The summed E-state index contributed by atoms with van der Waals surface area (Å²) in [5, 5.41) is 9.15. The molecule has 1 saturated heterocycles. The molecule has 1 aliphatic heterocycles. The van der Waals surface area contributed by atoms with E-state index in [1.54, 1.807) is 4.90 Å². The van der Waals surface area contributed by atoms with E-state index in [9.17, 15) is 4.79 Å². The second-order valence-electron chi connectivity index (χ2n) is 2.92. The summed E-state index contributed by atoms with van der Waals surface area (Å²) in [6.07, 6.45) is 1.73. The van der Waals surface area contributed by atoms with E-state index in [4.69, 9.17) is 5.11 Å². The lowest BCUT2D eigenvalue weighted by atomic mass is 10.2. The van der Waals surface area contributed by atoms with Crippen molar-refractivity contribution in [3.05, 3.63) is 24.8 Å². The Hall–Kier alpha value is -1.09. The van der Waals surface area contributed by atoms with Gasteiger partial charge in [0.15, 0.2) is 0 Å². The summed E-state index contributed by atoms with van der Waals surface area (Å²) in [6, 6.07) is 0. The summed E-state index contributed by atoms with van der Waals surface area (Å²) >= 11 is 0. The molecule has 0 bridgehead atoms. The maximum Gasteiger partial charge on any atom is 0.253 e. The lowest BCUT2D eigenvalue weighted by Crippen LogP contribution is -2.29. The normalized spacial score (nSPS) is 22.4. The first-order chi connectivity index (χ1) is 5.65. The van der Waals surface area contributed by atoms with Crippen LogP contribution in [0.4, 0.5) is 0 Å². The molecule has 1 fully saturated rings. The van der Waals surface area contributed by atoms with Gasteiger partial charge in [-0.2, -0.15) is 0 Å². The zero-order valence-corrected chi connectivity index (χ0v) is 6.99. The number of aliphatic hydroxyl groups is 1. The standard InChI is InChI=1S/C9H13NO2/c1-3-7(2)9(12)10-5-4-8(11)6-10/h3,8,11H,1-2,4-6H2. The van der Waals surface area contributed by atoms with Crippen LogP contribution in [0.15, 0.2) is 24.8 Å². The number of β-amino-alcohol motifs (C(OH)–C–C–N with tert-alkyl or cyclic N) is 1. The van der Waals surface area contributed by atoms with Crippen molar-refractivity contribution in [1.29, 1.82) is 0 Å². The third-order valence-electron chi connectivity index (χ3n) is 1.97. The molecule has 1 aliphatic rings. The molecule has 1 N–H and O–H groups in total. The van der Waals surface area contributed by atoms with Crippen LogP contribution >= 0.6 is 0 Å². The summed E-state index contributed by atoms with van der Waals surface area (Å²) in [7, 11) is 0. The Labute approximate surface area is 72.0 Å². The second-order valence-corrected chi connectivity index (χ2v) is 2.92. The highest BCUT2D eigenvalue weighted by molar-refractivity contribution is 5.95. The maximum absolute atomic E-state index is 11.4. The number of aliphatic hydroxyl groups excluding tert-OH is 1. The van der Waals surface area contributed by atoms with E-state index in [0.29, 0.717) is 25.1 Å². The van der Waals surface area contributed by atoms with E-state index in [-0.39, 0.29) is 12.0 Å². The molecule has 0 spiro atoms. The van der Waals surface area contributed by atoms with Crippen LogP contribution in [0.5, 0.6) is 0 Å². The van der Waals surface area contributed by atoms with Crippen LogP contribution in [-0.4, -0.2) is 35.1 Å². The van der Waals surface area contributed by atoms with Gasteiger partial charge in [0, 0.05) is 18.7 Å². The molecule has 12 heavy (non-hydrogen) atoms. The zero-order valence-electron chi connectivity index (χ0n) is 6.99. The highest BCUT2D eigenvalue weighted by Gasteiger charge is 2.24. The molecule has 0 radical (unpaired) electrons. The van der Waals surface area contributed by atoms with Gasteiger partial charge in [-0.1, -0.05) is 19.2 Å². The molecule has 0 aromatic rings. The number of likely N-dealkylation sites (tertiary alicyclic amines) is 1. The van der Waals surface area contributed by atoms with Gasteiger partial charge in [-0.25, -0.2) is 0 Å². The smallest absolute Gasteiger partial charge is 0.253 e. The van der Waals surface area contributed by atoms with Crippen molar-refractivity contribution in [2.75, 3.05) is 13.1 Å². The molecule has 3 heteroatoms. The quantitative estimate of drug-likeness (QED) is 0.475. The van der Waals surface area contributed by atoms with Crippen LogP contribution < -0.4 is 0 Å². The molecule has 0 aliphatic carbocycles. The number of amides is 1. The van der Waals surface area contributed by atoms with Gasteiger partial charge in [0.2, 0.25) is 0 Å². The van der Waals surface area contributed by atoms with Gasteiger partial charge in [-0.15, -0.1) is 0 Å². The first-order valence-electron chi connectivity index (χ1n) is 3.94. The number of carbonyl (C=O) groups excluding carboxylic acids is 1. The van der Waals surface area contributed by atoms with E-state index in [0.717, 1.165) is 0 Å². The minimum absolute atomic E-state index is 0.124. The van der Waals surface area contributed by atoms with Gasteiger partial charge in [0.05, 0.1) is 6.10 Å². The molecule has 66 valence electrons. The first kappa shape index (κ1) is 9.00. The Kier molecular flexibility index (Phi) is 2.65. The summed E-state index contributed by atoms with van der Waals surface area (Å²) in [5.74, 6) is -0.124. The third kappa shape index (κ3) is 1.74. The Morgan fingerprint density at radius 1 is 1.67 bits per heavy atom. The van der Waals surface area contributed by atoms with Crippen molar-refractivity contribution >= 4 is 5.91 Å². The highest BCUT2D eigenvalue weighted by Crippen LogP contribution is 2.11. The van der Waals surface area contributed by atoms with Gasteiger partial charge in [0.1, 0.15) is 0 Å². The molecule has 0 saturated carbocycles. The van der Waals surface area contributed by atoms with Gasteiger partial charge in [0.25, 0.3) is 5.91 Å². The van der Waals surface area contributed by atoms with Crippen molar-refractivity contribution in [3.63, 3.8) is 0 Å². The average Bonchev–Trinajstić information content (AvgIpc) is 2.49. The van der Waals surface area contributed by atoms with E-state index in [2.05, 4.69) is 13.2 Å². The Bertz CT molecular complexity index is 223. The van der Waals surface area contributed by atoms with Crippen molar-refractivity contribution in [2.45, 2.75) is 12.5 Å². The third-order valence-corrected chi connectivity index (χ3v) is 1.97. The number of hydrogen-bond acceptors (Lipinski definition) is 2. The predicted octanol–water partition coefficient (Wildman–Crippen LogP) is 0.322. The average molecular weight is 167 g/mol. The number of nitrogens with zero attached hydrogens (tertiary/aromatic N) is 1. The maximum atomic E-state index is 11.4. The monoisotopic (exact) mass is 167 g/mol. The SMILES string of the molecule is C=CC(=C)C(=O)N1CCC(O)C1. The molecule has 1 unspecified atom stereocenters. The van der Waals surface area contributed by atoms with Crippen LogP contribution in [0.3, 0.4) is 0 Å². The van der Waals surface area contributed by atoms with E-state index in [1.807, 2.05) is 0 Å². The van der Waals surface area contributed by atoms with Gasteiger partial charge < -0.3 is 10.0 Å². The van der Waals surface area contributed by atoms with Crippen molar-refractivity contribution in [3.8, 4) is 0 Å². The fourth-order valence-electron chi connectivity index (χ4n) is 1.22. The highest BCUT2D eigenvalue weighted by atomic mass is 16.3. The lowest BCUT2D eigenvalue weighted by molar-refractivity contribution is -0.126. The fraction of sp³-hybridized carbons (Fsp3) is 0.444. The second kappa shape index (κ2) is 3.54. The largest absolute Gasteiger partial charge is 0.391 e. The van der Waals surface area contributed by atoms with Crippen LogP contribution in [-0.2, 0) is 4.79 Å². The van der Waals surface area contributed by atoms with E-state index in [1.165, 1.54) is 6.08 Å². The van der Waals surface area contributed by atoms with Crippen molar-refractivity contribution in [1.82, 2.24) is 4.90 Å². The summed E-state index contributed by atoms with van der Waals surface area (Å²) in [5.41, 5.74) is 0.393. The summed E-state index contributed by atoms with van der Waals surface area (Å²) in [6.45, 7) is 8.05. The Morgan fingerprint density at radius 2 is 2.33 bits per heavy atom. The number of rotatable bonds is 2. The summed E-state index contributed by atoms with van der Waals surface area (Å²) in [4.78, 5) is 13.0. The topological polar surface area (TPSA) is 40.5 Å². The molecule has 0 aromatic heterocycles. The number of carbonyl (C=O) groups is 1. The Balaban J connectivity index is 2.54. The predicted molar refractivity (Wildman–Crippen MR) is 46.5 cm³/mol. The van der Waals surface area contributed by atoms with Crippen LogP contribution in [0.2, 0.25) is 0 Å². The van der Waals surface area contributed by atoms with Crippen LogP contribution in [0.1, 0.15) is 6.42 Å². The van der Waals surface area contributed by atoms with Crippen LogP contribution in [0, 0.1) is 0 Å². The minimum atomic E-state index is -0.369. The van der Waals surface area contributed by atoms with Crippen LogP contribution in [0.25, 0.3) is 0 Å². The van der Waals surface area contributed by atoms with E-state index < -0.39 is 0 Å². The van der Waals surface area contributed by atoms with Crippen molar-refractivity contribution in [2.24, 2.45) is 0 Å². The molecular weight excluding hydrogens is 154 g/mol. The molecular formula is C9H13NO2. The Morgan fingerprint density at radius 3 is 2.75 bits per heavy atom.